The number of amides is 1. The Bertz CT molecular complexity index is 861. The number of hydrogen-bond donors (Lipinski definition) is 2. The van der Waals surface area contributed by atoms with E-state index in [1.54, 1.807) is 6.92 Å². The number of carbonyl (C=O) groups is 1. The fraction of sp³-hybridized carbons (Fsp3) is 0.444. The van der Waals surface area contributed by atoms with Crippen LogP contribution in [0.25, 0.3) is 0 Å². The summed E-state index contributed by atoms with van der Waals surface area (Å²) in [5.74, 6) is 1.19. The van der Waals surface area contributed by atoms with Crippen LogP contribution in [0, 0.1) is 0 Å². The molecule has 0 fully saturated rings. The van der Waals surface area contributed by atoms with Gasteiger partial charge in [-0.05, 0) is 48.4 Å². The zero-order valence-corrected chi connectivity index (χ0v) is 15.7. The minimum absolute atomic E-state index is 0.400. The summed E-state index contributed by atoms with van der Waals surface area (Å²) in [4.78, 5) is 12.1. The number of anilines is 1. The molecule has 0 spiro atoms. The zero-order valence-electron chi connectivity index (χ0n) is 15.7. The van der Waals surface area contributed by atoms with Crippen LogP contribution in [0.15, 0.2) is 29.5 Å². The average molecular weight is 372 g/mol. The first-order valence-electron chi connectivity index (χ1n) is 9.01. The van der Waals surface area contributed by atoms with Gasteiger partial charge in [0, 0.05) is 5.70 Å². The Balaban J connectivity index is 2.03. The number of allylic oxidation sites excluding steroid dienone is 1. The first-order chi connectivity index (χ1) is 13.1. The number of primary amides is 1. The molecule has 1 aliphatic rings. The third-order valence-corrected chi connectivity index (χ3v) is 4.32. The van der Waals surface area contributed by atoms with Crippen molar-refractivity contribution in [1.29, 1.82) is 0 Å². The standard InChI is InChI=1S/C18H24N6O3/c1-4-6-9-27-13-8-7-12(10-14(13)26-5-2)16-15(17(19)25)11(3)20-18-21-22-23-24(16)18/h7-8,10,16H,4-6,9H2,1-3H3,(H2,19,25)(H,20,21,23). The number of aromatic nitrogens is 4. The van der Waals surface area contributed by atoms with Gasteiger partial charge in [0.25, 0.3) is 0 Å². The minimum Gasteiger partial charge on any atom is -0.490 e. The van der Waals surface area contributed by atoms with E-state index in [0.29, 0.717) is 41.9 Å². The van der Waals surface area contributed by atoms with Gasteiger partial charge in [-0.3, -0.25) is 4.79 Å². The topological polar surface area (TPSA) is 117 Å². The Morgan fingerprint density at radius 3 is 2.81 bits per heavy atom. The molecular formula is C18H24N6O3. The van der Waals surface area contributed by atoms with E-state index >= 15 is 0 Å². The normalized spacial score (nSPS) is 15.9. The molecule has 0 bridgehead atoms. The number of ether oxygens (including phenoxy) is 2. The number of rotatable bonds is 8. The molecule has 0 radical (unpaired) electrons. The lowest BCUT2D eigenvalue weighted by molar-refractivity contribution is -0.115. The van der Waals surface area contributed by atoms with Crippen molar-refractivity contribution in [1.82, 2.24) is 20.2 Å². The minimum atomic E-state index is -0.544. The predicted molar refractivity (Wildman–Crippen MR) is 99.5 cm³/mol. The Morgan fingerprint density at radius 2 is 2.11 bits per heavy atom. The Hall–Kier alpha value is -3.10. The number of nitrogens with two attached hydrogens (primary N) is 1. The number of unbranched alkanes of at least 4 members (excludes halogenated alkanes) is 1. The summed E-state index contributed by atoms with van der Waals surface area (Å²) in [6, 6.07) is 5.03. The molecule has 27 heavy (non-hydrogen) atoms. The van der Waals surface area contributed by atoms with Crippen molar-refractivity contribution in [2.24, 2.45) is 5.73 Å². The number of benzene rings is 1. The van der Waals surface area contributed by atoms with E-state index in [1.807, 2.05) is 25.1 Å². The second-order valence-electron chi connectivity index (χ2n) is 6.22. The lowest BCUT2D eigenvalue weighted by atomic mass is 9.95. The molecule has 3 N–H and O–H groups in total. The second kappa shape index (κ2) is 8.07. The molecular weight excluding hydrogens is 348 g/mol. The summed E-state index contributed by atoms with van der Waals surface area (Å²) >= 11 is 0. The average Bonchev–Trinajstić information content (AvgIpc) is 3.09. The van der Waals surface area contributed by atoms with Crippen LogP contribution in [0.4, 0.5) is 5.95 Å². The van der Waals surface area contributed by atoms with Gasteiger partial charge in [0.2, 0.25) is 11.9 Å². The van der Waals surface area contributed by atoms with Crippen molar-refractivity contribution < 1.29 is 14.3 Å². The monoisotopic (exact) mass is 372 g/mol. The molecule has 144 valence electrons. The maximum atomic E-state index is 12.1. The molecule has 0 saturated heterocycles. The van der Waals surface area contributed by atoms with Crippen molar-refractivity contribution >= 4 is 11.9 Å². The van der Waals surface area contributed by atoms with E-state index in [1.165, 1.54) is 4.68 Å². The molecule has 9 nitrogen and oxygen atoms in total. The summed E-state index contributed by atoms with van der Waals surface area (Å²) in [7, 11) is 0. The predicted octanol–water partition coefficient (Wildman–Crippen LogP) is 2.02. The van der Waals surface area contributed by atoms with Crippen LogP contribution in [-0.4, -0.2) is 39.3 Å². The van der Waals surface area contributed by atoms with Gasteiger partial charge in [-0.25, -0.2) is 0 Å². The highest BCUT2D eigenvalue weighted by Crippen LogP contribution is 2.38. The molecule has 0 saturated carbocycles. The molecule has 2 aromatic rings. The largest absolute Gasteiger partial charge is 0.490 e. The van der Waals surface area contributed by atoms with E-state index in [2.05, 4.69) is 27.8 Å². The lowest BCUT2D eigenvalue weighted by Gasteiger charge is -2.27. The van der Waals surface area contributed by atoms with Crippen LogP contribution in [0.2, 0.25) is 0 Å². The van der Waals surface area contributed by atoms with Crippen LogP contribution in [-0.2, 0) is 4.79 Å². The van der Waals surface area contributed by atoms with Crippen LogP contribution in [0.1, 0.15) is 45.2 Å². The van der Waals surface area contributed by atoms with E-state index in [4.69, 9.17) is 15.2 Å². The fourth-order valence-corrected chi connectivity index (χ4v) is 3.05. The van der Waals surface area contributed by atoms with Crippen molar-refractivity contribution in [3.05, 3.63) is 35.0 Å². The van der Waals surface area contributed by atoms with Crippen LogP contribution < -0.4 is 20.5 Å². The molecule has 3 rings (SSSR count). The number of fused-ring (bicyclic) bond motifs is 1. The molecule has 1 aliphatic heterocycles. The van der Waals surface area contributed by atoms with Crippen LogP contribution in [0.5, 0.6) is 11.5 Å². The van der Waals surface area contributed by atoms with Gasteiger partial charge < -0.3 is 20.5 Å². The maximum Gasteiger partial charge on any atom is 0.248 e. The summed E-state index contributed by atoms with van der Waals surface area (Å²) in [5.41, 5.74) is 7.45. The first-order valence-corrected chi connectivity index (χ1v) is 9.01. The van der Waals surface area contributed by atoms with Gasteiger partial charge in [0.15, 0.2) is 11.5 Å². The smallest absolute Gasteiger partial charge is 0.248 e. The van der Waals surface area contributed by atoms with Crippen LogP contribution >= 0.6 is 0 Å². The Morgan fingerprint density at radius 1 is 1.30 bits per heavy atom. The third-order valence-electron chi connectivity index (χ3n) is 4.32. The summed E-state index contributed by atoms with van der Waals surface area (Å²) in [6.45, 7) is 6.90. The van der Waals surface area contributed by atoms with E-state index < -0.39 is 11.9 Å². The molecule has 0 aliphatic carbocycles. The molecule has 1 atom stereocenters. The quantitative estimate of drug-likeness (QED) is 0.681. The Kier molecular flexibility index (Phi) is 5.58. The van der Waals surface area contributed by atoms with Crippen molar-refractivity contribution in [3.8, 4) is 11.5 Å². The molecule has 1 aromatic carbocycles. The van der Waals surface area contributed by atoms with Gasteiger partial charge in [-0.1, -0.05) is 24.5 Å². The highest BCUT2D eigenvalue weighted by atomic mass is 16.5. The molecule has 1 aromatic heterocycles. The van der Waals surface area contributed by atoms with Gasteiger partial charge in [-0.2, -0.15) is 4.68 Å². The van der Waals surface area contributed by atoms with E-state index in [9.17, 15) is 4.79 Å². The maximum absolute atomic E-state index is 12.1. The second-order valence-corrected chi connectivity index (χ2v) is 6.22. The first kappa shape index (κ1) is 18.7. The molecule has 2 heterocycles. The number of nitrogens with zero attached hydrogens (tertiary/aromatic N) is 4. The van der Waals surface area contributed by atoms with Crippen molar-refractivity contribution in [2.45, 2.75) is 39.7 Å². The van der Waals surface area contributed by atoms with Gasteiger partial charge in [-0.15, -0.1) is 0 Å². The Labute approximate surface area is 157 Å². The highest BCUT2D eigenvalue weighted by molar-refractivity contribution is 5.95. The summed E-state index contributed by atoms with van der Waals surface area (Å²) in [5, 5.41) is 14.7. The zero-order chi connectivity index (χ0) is 19.4. The number of tetrazole rings is 1. The highest BCUT2D eigenvalue weighted by Gasteiger charge is 2.33. The SMILES string of the molecule is CCCCOc1ccc(C2C(C(N)=O)=C(C)Nc3nnnn32)cc1OCC. The van der Waals surface area contributed by atoms with Gasteiger partial charge >= 0.3 is 0 Å². The summed E-state index contributed by atoms with van der Waals surface area (Å²) < 4.78 is 13.1. The third kappa shape index (κ3) is 3.71. The molecule has 9 heteroatoms. The van der Waals surface area contributed by atoms with Crippen molar-refractivity contribution in [3.63, 3.8) is 0 Å². The van der Waals surface area contributed by atoms with Crippen LogP contribution in [0.3, 0.4) is 0 Å². The fourth-order valence-electron chi connectivity index (χ4n) is 3.05. The number of nitrogens with one attached hydrogen (secondary N) is 1. The van der Waals surface area contributed by atoms with Gasteiger partial charge in [0.05, 0.1) is 18.8 Å². The van der Waals surface area contributed by atoms with E-state index in [-0.39, 0.29) is 0 Å². The molecule has 1 unspecified atom stereocenters. The van der Waals surface area contributed by atoms with E-state index in [0.717, 1.165) is 18.4 Å². The lowest BCUT2D eigenvalue weighted by Crippen LogP contribution is -2.31. The number of hydrogen-bond acceptors (Lipinski definition) is 7. The van der Waals surface area contributed by atoms with Gasteiger partial charge in [0.1, 0.15) is 6.04 Å². The molecule has 1 amide bonds. The van der Waals surface area contributed by atoms with Crippen molar-refractivity contribution in [2.75, 3.05) is 18.5 Å². The summed E-state index contributed by atoms with van der Waals surface area (Å²) in [6.07, 6.45) is 2.01. The number of carbonyl (C=O) groups excluding carboxylic acids is 1.